The normalized spacial score (nSPS) is 24.5. The second-order valence-corrected chi connectivity index (χ2v) is 7.35. The van der Waals surface area contributed by atoms with E-state index >= 15 is 0 Å². The fourth-order valence-electron chi connectivity index (χ4n) is 3.15. The maximum absolute atomic E-state index is 4.92. The van der Waals surface area contributed by atoms with Crippen LogP contribution in [0.15, 0.2) is 35.4 Å². The third-order valence-corrected chi connectivity index (χ3v) is 5.38. The van der Waals surface area contributed by atoms with Crippen molar-refractivity contribution in [1.29, 1.82) is 0 Å². The number of hydrogen-bond acceptors (Lipinski definition) is 3. The van der Waals surface area contributed by atoms with Gasteiger partial charge in [0.05, 0.1) is 18.8 Å². The van der Waals surface area contributed by atoms with Crippen LogP contribution in [0.4, 0.5) is 5.00 Å². The van der Waals surface area contributed by atoms with Gasteiger partial charge in [0.1, 0.15) is 10.6 Å². The molecular formula is C17H21N4S+. The summed E-state index contributed by atoms with van der Waals surface area (Å²) in [5, 5.41) is 4.87. The summed E-state index contributed by atoms with van der Waals surface area (Å²) in [6.07, 6.45) is 8.47. The van der Waals surface area contributed by atoms with Gasteiger partial charge in [-0.05, 0) is 32.2 Å². The summed E-state index contributed by atoms with van der Waals surface area (Å²) in [6, 6.07) is 2.45. The molecule has 0 amide bonds. The minimum Gasteiger partial charge on any atom is -0.299 e. The van der Waals surface area contributed by atoms with E-state index in [1.54, 1.807) is 11.3 Å². The van der Waals surface area contributed by atoms with Crippen molar-refractivity contribution < 1.29 is 4.58 Å². The Balaban J connectivity index is 1.81. The molecule has 3 heterocycles. The van der Waals surface area contributed by atoms with E-state index in [2.05, 4.69) is 59.1 Å². The van der Waals surface area contributed by atoms with Gasteiger partial charge in [-0.2, -0.15) is 0 Å². The van der Waals surface area contributed by atoms with Crippen LogP contribution in [0.5, 0.6) is 0 Å². The lowest BCUT2D eigenvalue weighted by molar-refractivity contribution is -0.540. The van der Waals surface area contributed by atoms with Crippen molar-refractivity contribution in [2.75, 3.05) is 33.2 Å². The predicted octanol–water partition coefficient (Wildman–Crippen LogP) is 1.93. The number of hydrogen-bond donors (Lipinski definition) is 1. The highest BCUT2D eigenvalue weighted by atomic mass is 32.1. The largest absolute Gasteiger partial charge is 0.299 e. The van der Waals surface area contributed by atoms with Crippen LogP contribution >= 0.6 is 11.3 Å². The van der Waals surface area contributed by atoms with Gasteiger partial charge < -0.3 is 0 Å². The molecule has 1 aliphatic carbocycles. The Labute approximate surface area is 135 Å². The van der Waals surface area contributed by atoms with Gasteiger partial charge in [0.2, 0.25) is 0 Å². The number of likely N-dealkylation sites (N-methyl/N-ethyl adjacent to an activating group) is 1. The first-order valence-corrected chi connectivity index (χ1v) is 8.63. The first-order chi connectivity index (χ1) is 10.7. The number of fused-ring (bicyclic) bond motifs is 2. The molecule has 0 aromatic carbocycles. The number of rotatable bonds is 0. The Kier molecular flexibility index (Phi) is 3.47. The summed E-state index contributed by atoms with van der Waals surface area (Å²) in [4.78, 5) is 8.62. The molecule has 4 rings (SSSR count). The molecule has 3 aliphatic rings. The Morgan fingerprint density at radius 1 is 1.32 bits per heavy atom. The maximum Gasteiger partial charge on any atom is 0.281 e. The molecule has 0 saturated carbocycles. The average Bonchev–Trinajstić information content (AvgIpc) is 2.80. The van der Waals surface area contributed by atoms with Gasteiger partial charge in [0.15, 0.2) is 6.04 Å². The zero-order valence-electron chi connectivity index (χ0n) is 13.0. The van der Waals surface area contributed by atoms with Crippen LogP contribution < -0.4 is 5.32 Å². The Morgan fingerprint density at radius 2 is 2.14 bits per heavy atom. The monoisotopic (exact) mass is 313 g/mol. The van der Waals surface area contributed by atoms with Crippen LogP contribution in [0, 0.1) is 6.92 Å². The molecule has 1 aromatic heterocycles. The van der Waals surface area contributed by atoms with Gasteiger partial charge in [0, 0.05) is 18.0 Å². The van der Waals surface area contributed by atoms with Crippen molar-refractivity contribution in [3.63, 3.8) is 0 Å². The van der Waals surface area contributed by atoms with Crippen molar-refractivity contribution in [3.8, 4) is 0 Å². The zero-order chi connectivity index (χ0) is 15.1. The Bertz CT molecular complexity index is 713. The lowest BCUT2D eigenvalue weighted by Gasteiger charge is -2.25. The summed E-state index contributed by atoms with van der Waals surface area (Å²) in [5.74, 6) is 1.25. The highest BCUT2D eigenvalue weighted by Crippen LogP contribution is 2.33. The molecule has 1 atom stereocenters. The molecule has 114 valence electrons. The van der Waals surface area contributed by atoms with E-state index in [0.29, 0.717) is 0 Å². The molecule has 1 N–H and O–H groups in total. The van der Waals surface area contributed by atoms with Crippen LogP contribution in [-0.4, -0.2) is 60.3 Å². The summed E-state index contributed by atoms with van der Waals surface area (Å²) in [6.45, 7) is 6.51. The second kappa shape index (κ2) is 5.48. The topological polar surface area (TPSA) is 30.6 Å². The number of aliphatic imine (C=N–C) groups is 1. The lowest BCUT2D eigenvalue weighted by atomic mass is 10.1. The van der Waals surface area contributed by atoms with Gasteiger partial charge >= 0.3 is 0 Å². The standard InChI is InChI=1S/C17H20N4S/c1-12-11-13-16(21-9-7-20(2)8-10-21)18-14-5-3-4-6-15(14)19-17(13)22-12/h3-6,11,14H,7-10H2,1-2H3/p+1. The van der Waals surface area contributed by atoms with Gasteiger partial charge in [-0.3, -0.25) is 14.8 Å². The molecule has 0 radical (unpaired) electrons. The van der Waals surface area contributed by atoms with E-state index in [9.17, 15) is 0 Å². The van der Waals surface area contributed by atoms with Crippen molar-refractivity contribution in [1.82, 2.24) is 10.2 Å². The first kappa shape index (κ1) is 13.9. The molecular weight excluding hydrogens is 292 g/mol. The highest BCUT2D eigenvalue weighted by molar-refractivity contribution is 7.16. The number of thiophene rings is 1. The number of piperazine rings is 1. The molecule has 1 saturated heterocycles. The Morgan fingerprint density at radius 3 is 2.95 bits per heavy atom. The first-order valence-electron chi connectivity index (χ1n) is 7.82. The summed E-state index contributed by atoms with van der Waals surface area (Å²) < 4.78 is 2.48. The summed E-state index contributed by atoms with van der Waals surface area (Å²) >= 11 is 1.78. The minimum atomic E-state index is 0.180. The van der Waals surface area contributed by atoms with E-state index in [1.807, 2.05) is 0 Å². The average molecular weight is 313 g/mol. The second-order valence-electron chi connectivity index (χ2n) is 6.12. The molecule has 2 aliphatic heterocycles. The van der Waals surface area contributed by atoms with Crippen molar-refractivity contribution in [2.45, 2.75) is 13.0 Å². The Hall–Kier alpha value is -1.72. The van der Waals surface area contributed by atoms with Crippen LogP contribution in [0.3, 0.4) is 0 Å². The van der Waals surface area contributed by atoms with E-state index in [4.69, 9.17) is 4.99 Å². The van der Waals surface area contributed by atoms with E-state index in [-0.39, 0.29) is 6.04 Å². The zero-order valence-corrected chi connectivity index (χ0v) is 13.9. The van der Waals surface area contributed by atoms with Gasteiger partial charge in [0.25, 0.3) is 5.84 Å². The van der Waals surface area contributed by atoms with Gasteiger partial charge in [-0.1, -0.05) is 12.2 Å². The molecule has 5 heteroatoms. The smallest absolute Gasteiger partial charge is 0.281 e. The van der Waals surface area contributed by atoms with Crippen LogP contribution in [-0.2, 0) is 0 Å². The predicted molar refractivity (Wildman–Crippen MR) is 93.0 cm³/mol. The maximum atomic E-state index is 4.92. The van der Waals surface area contributed by atoms with Crippen LogP contribution in [0.1, 0.15) is 10.4 Å². The molecule has 22 heavy (non-hydrogen) atoms. The van der Waals surface area contributed by atoms with Crippen molar-refractivity contribution in [2.24, 2.45) is 4.99 Å². The number of nitrogens with zero attached hydrogens (tertiary/aromatic N) is 3. The molecule has 0 spiro atoms. The van der Waals surface area contributed by atoms with Crippen LogP contribution in [0.25, 0.3) is 0 Å². The molecule has 1 unspecified atom stereocenters. The van der Waals surface area contributed by atoms with Gasteiger partial charge in [-0.15, -0.1) is 11.3 Å². The number of allylic oxidation sites excluding steroid dienone is 2. The fraction of sp³-hybridized carbons (Fsp3) is 0.412. The minimum absolute atomic E-state index is 0.180. The molecule has 1 aromatic rings. The van der Waals surface area contributed by atoms with E-state index < -0.39 is 0 Å². The lowest BCUT2D eigenvalue weighted by Crippen LogP contribution is -2.48. The third kappa shape index (κ3) is 2.44. The summed E-state index contributed by atoms with van der Waals surface area (Å²) in [7, 11) is 2.19. The molecule has 1 fully saturated rings. The van der Waals surface area contributed by atoms with Crippen molar-refractivity contribution in [3.05, 3.63) is 40.8 Å². The summed E-state index contributed by atoms with van der Waals surface area (Å²) in [5.41, 5.74) is 2.37. The fourth-order valence-corrected chi connectivity index (χ4v) is 4.05. The van der Waals surface area contributed by atoms with Gasteiger partial charge in [-0.25, -0.2) is 4.99 Å². The number of nitrogens with one attached hydrogen (secondary N) is 1. The third-order valence-electron chi connectivity index (χ3n) is 4.43. The van der Waals surface area contributed by atoms with E-state index in [1.165, 1.54) is 16.3 Å². The highest BCUT2D eigenvalue weighted by Gasteiger charge is 2.31. The quantitative estimate of drug-likeness (QED) is 0.742. The number of amidine groups is 1. The number of aryl methyl sites for hydroxylation is 1. The van der Waals surface area contributed by atoms with E-state index in [0.717, 1.165) is 36.9 Å². The SMILES string of the molecule is Cc1cc2c(s1)N=C1C=CC=CC1NC2=[N+]1CCN(C)CC1. The van der Waals surface area contributed by atoms with Crippen LogP contribution in [0.2, 0.25) is 0 Å². The molecule has 0 bridgehead atoms. The van der Waals surface area contributed by atoms with Crippen molar-refractivity contribution >= 4 is 27.9 Å². The molecule has 4 nitrogen and oxygen atoms in total.